The minimum atomic E-state index is -1.00. The van der Waals surface area contributed by atoms with E-state index in [-0.39, 0.29) is 11.5 Å². The second-order valence-electron chi connectivity index (χ2n) is 3.32. The van der Waals surface area contributed by atoms with Crippen molar-refractivity contribution in [3.8, 4) is 0 Å². The van der Waals surface area contributed by atoms with Crippen molar-refractivity contribution in [3.05, 3.63) is 34.5 Å². The minimum Gasteiger partial charge on any atom is -0.478 e. The molecule has 0 radical (unpaired) electrons. The van der Waals surface area contributed by atoms with E-state index in [0.717, 1.165) is 15.2 Å². The molecule has 96 valence electrons. The van der Waals surface area contributed by atoms with Crippen molar-refractivity contribution in [1.29, 1.82) is 0 Å². The Balaban J connectivity index is 3.56. The lowest BCUT2D eigenvalue weighted by Gasteiger charge is -2.15. The van der Waals surface area contributed by atoms with Crippen LogP contribution in [-0.2, 0) is 4.79 Å². The highest BCUT2D eigenvalue weighted by atomic mass is 127. The maximum absolute atomic E-state index is 11.4. The number of carbonyl (C=O) groups is 2. The van der Waals surface area contributed by atoms with Crippen LogP contribution in [0, 0.1) is 17.6 Å². The average Bonchev–Trinajstić information content (AvgIpc) is 2.31. The molecule has 0 saturated carbocycles. The molecule has 0 bridgehead atoms. The zero-order chi connectivity index (χ0) is 14.0. The summed E-state index contributed by atoms with van der Waals surface area (Å²) in [5.74, 6) is -1.36. The van der Waals surface area contributed by atoms with E-state index < -0.39 is 5.97 Å². The molecule has 0 atom stereocenters. The number of hydrogen-bond donors (Lipinski definition) is 2. The van der Waals surface area contributed by atoms with Crippen molar-refractivity contribution in [1.82, 2.24) is 0 Å². The Morgan fingerprint density at radius 3 is 2.22 bits per heavy atom. The lowest BCUT2D eigenvalue weighted by atomic mass is 10.1. The van der Waals surface area contributed by atoms with Crippen LogP contribution < -0.4 is 5.32 Å². The number of rotatable bonds is 3. The number of carboxylic acid groups (broad SMARTS) is 1. The van der Waals surface area contributed by atoms with Crippen molar-refractivity contribution < 1.29 is 14.7 Å². The highest BCUT2D eigenvalue weighted by molar-refractivity contribution is 14.1. The van der Waals surface area contributed by atoms with E-state index >= 15 is 0 Å². The molecule has 1 aromatic rings. The molecule has 0 unspecified atom stereocenters. The van der Waals surface area contributed by atoms with Crippen LogP contribution in [0.3, 0.4) is 0 Å². The van der Waals surface area contributed by atoms with Gasteiger partial charge in [0.15, 0.2) is 0 Å². The van der Waals surface area contributed by atoms with Crippen LogP contribution in [-0.4, -0.2) is 17.0 Å². The summed E-state index contributed by atoms with van der Waals surface area (Å²) in [6, 6.07) is 0. The van der Waals surface area contributed by atoms with Crippen LogP contribution in [0.15, 0.2) is 12.7 Å². The number of carbonyl (C=O) groups excluding carboxylic acids is 1. The van der Waals surface area contributed by atoms with E-state index in [1.54, 1.807) is 0 Å². The summed E-state index contributed by atoms with van der Waals surface area (Å²) >= 11 is 6.04. The summed E-state index contributed by atoms with van der Waals surface area (Å²) < 4.78 is 2.04. The third kappa shape index (κ3) is 3.15. The summed E-state index contributed by atoms with van der Waals surface area (Å²) in [6.07, 6.45) is 1.15. The van der Waals surface area contributed by atoms with Crippen LogP contribution >= 0.6 is 67.8 Å². The molecule has 1 rings (SSSR count). The number of hydrogen-bond acceptors (Lipinski definition) is 2. The molecule has 2 N–H and O–H groups in total. The van der Waals surface area contributed by atoms with Gasteiger partial charge in [0.05, 0.1) is 14.8 Å². The molecule has 1 amide bonds. The molecule has 4 nitrogen and oxygen atoms in total. The van der Waals surface area contributed by atoms with Crippen molar-refractivity contribution >= 4 is 85.3 Å². The normalized spacial score (nSPS) is 10.0. The van der Waals surface area contributed by atoms with Gasteiger partial charge in [-0.15, -0.1) is 0 Å². The van der Waals surface area contributed by atoms with Crippen LogP contribution in [0.5, 0.6) is 0 Å². The molecule has 0 heterocycles. The van der Waals surface area contributed by atoms with Crippen molar-refractivity contribution in [2.45, 2.75) is 6.92 Å². The molecule has 1 aromatic carbocycles. The first-order chi connectivity index (χ1) is 8.31. The third-order valence-corrected chi connectivity index (χ3v) is 5.96. The maximum atomic E-state index is 11.4. The molecular formula is C11H8I3NO3. The van der Waals surface area contributed by atoms with Gasteiger partial charge in [0.2, 0.25) is 5.91 Å². The van der Waals surface area contributed by atoms with Crippen LogP contribution in [0.1, 0.15) is 15.9 Å². The second-order valence-corrected chi connectivity index (χ2v) is 6.55. The zero-order valence-corrected chi connectivity index (χ0v) is 15.7. The van der Waals surface area contributed by atoms with Crippen molar-refractivity contribution in [3.63, 3.8) is 0 Å². The van der Waals surface area contributed by atoms with Gasteiger partial charge in [-0.2, -0.15) is 0 Å². The van der Waals surface area contributed by atoms with Gasteiger partial charge in [-0.3, -0.25) is 4.79 Å². The molecule has 0 saturated heterocycles. The summed E-state index contributed by atoms with van der Waals surface area (Å²) in [6.45, 7) is 5.21. The molecule has 0 fully saturated rings. The van der Waals surface area contributed by atoms with Crippen LogP contribution in [0.4, 0.5) is 5.69 Å². The number of carboxylic acids is 1. The van der Waals surface area contributed by atoms with E-state index in [9.17, 15) is 14.7 Å². The Labute approximate surface area is 145 Å². The topological polar surface area (TPSA) is 66.4 Å². The Morgan fingerprint density at radius 2 is 1.78 bits per heavy atom. The number of anilines is 1. The summed E-state index contributed by atoms with van der Waals surface area (Å²) in [7, 11) is 0. The largest absolute Gasteiger partial charge is 0.478 e. The Hall–Kier alpha value is 0.0900. The Morgan fingerprint density at radius 1 is 1.22 bits per heavy atom. The van der Waals surface area contributed by atoms with Crippen LogP contribution in [0.25, 0.3) is 0 Å². The SMILES string of the molecule is C=CC(=O)Nc1c(I)c(C)c(I)c(C(=O)O)c1I. The van der Waals surface area contributed by atoms with Crippen molar-refractivity contribution in [2.75, 3.05) is 5.32 Å². The third-order valence-electron chi connectivity index (χ3n) is 2.18. The minimum absolute atomic E-state index is 0.216. The van der Waals surface area contributed by atoms with Crippen LogP contribution in [0.2, 0.25) is 0 Å². The van der Waals surface area contributed by atoms with E-state index in [2.05, 4.69) is 34.5 Å². The molecule has 0 aliphatic carbocycles. The molecule has 18 heavy (non-hydrogen) atoms. The van der Waals surface area contributed by atoms with Gasteiger partial charge in [0.25, 0.3) is 0 Å². The fourth-order valence-electron chi connectivity index (χ4n) is 1.26. The number of amides is 1. The fourth-order valence-corrected chi connectivity index (χ4v) is 5.16. The highest BCUT2D eigenvalue weighted by Gasteiger charge is 2.22. The predicted molar refractivity (Wildman–Crippen MR) is 95.1 cm³/mol. The van der Waals surface area contributed by atoms with Gasteiger partial charge >= 0.3 is 5.97 Å². The van der Waals surface area contributed by atoms with E-state index in [1.165, 1.54) is 0 Å². The first-order valence-corrected chi connectivity index (χ1v) is 7.88. The summed E-state index contributed by atoms with van der Waals surface area (Å²) in [5.41, 5.74) is 1.58. The predicted octanol–water partition coefficient (Wildman–Crippen LogP) is 3.63. The quantitative estimate of drug-likeness (QED) is 0.423. The van der Waals surface area contributed by atoms with Gasteiger partial charge in [-0.1, -0.05) is 6.58 Å². The first-order valence-electron chi connectivity index (χ1n) is 4.65. The highest BCUT2D eigenvalue weighted by Crippen LogP contribution is 2.35. The standard InChI is InChI=1S/C11H8I3NO3/c1-3-5(16)15-10-8(13)4(2)7(12)6(9(10)14)11(17)18/h3H,1H2,2H3,(H,15,16)(H,17,18). The lowest BCUT2D eigenvalue weighted by Crippen LogP contribution is -2.15. The number of nitrogens with one attached hydrogen (secondary N) is 1. The molecule has 0 aromatic heterocycles. The molecule has 7 heteroatoms. The molecular weight excluding hydrogens is 575 g/mol. The van der Waals surface area contributed by atoms with Gasteiger partial charge < -0.3 is 10.4 Å². The van der Waals surface area contributed by atoms with Gasteiger partial charge in [-0.25, -0.2) is 4.79 Å². The fraction of sp³-hybridized carbons (Fsp3) is 0.0909. The smallest absolute Gasteiger partial charge is 0.337 e. The molecule has 0 aliphatic heterocycles. The van der Waals surface area contributed by atoms with E-state index in [0.29, 0.717) is 12.8 Å². The van der Waals surface area contributed by atoms with Crippen molar-refractivity contribution in [2.24, 2.45) is 0 Å². The molecule has 0 spiro atoms. The summed E-state index contributed by atoms with van der Waals surface area (Å²) in [5, 5.41) is 11.9. The van der Waals surface area contributed by atoms with Gasteiger partial charge in [0, 0.05) is 7.14 Å². The van der Waals surface area contributed by atoms with E-state index in [4.69, 9.17) is 0 Å². The number of aromatic carboxylic acids is 1. The zero-order valence-electron chi connectivity index (χ0n) is 9.18. The first kappa shape index (κ1) is 16.1. The number of benzene rings is 1. The Bertz CT molecular complexity index is 555. The lowest BCUT2D eigenvalue weighted by molar-refractivity contribution is -0.111. The number of halogens is 3. The molecule has 0 aliphatic rings. The summed E-state index contributed by atoms with van der Waals surface area (Å²) in [4.78, 5) is 22.6. The van der Waals surface area contributed by atoms with Gasteiger partial charge in [-0.05, 0) is 86.3 Å². The second kappa shape index (κ2) is 6.50. The monoisotopic (exact) mass is 583 g/mol. The van der Waals surface area contributed by atoms with E-state index in [1.807, 2.05) is 52.1 Å². The average molecular weight is 583 g/mol. The van der Waals surface area contributed by atoms with Gasteiger partial charge in [0.1, 0.15) is 0 Å². The Kier molecular flexibility index (Phi) is 5.83. The maximum Gasteiger partial charge on any atom is 0.337 e.